The lowest BCUT2D eigenvalue weighted by atomic mass is 9.81. The molecule has 1 saturated carbocycles. The molecule has 1 heterocycles. The first-order valence-corrected chi connectivity index (χ1v) is 11.7. The molecule has 1 aliphatic carbocycles. The van der Waals surface area contributed by atoms with Crippen LogP contribution in [0, 0.1) is 17.8 Å². The molecular formula is C24H32N4O6. The van der Waals surface area contributed by atoms with E-state index >= 15 is 0 Å². The summed E-state index contributed by atoms with van der Waals surface area (Å²) < 4.78 is 0.884. The highest BCUT2D eigenvalue weighted by Gasteiger charge is 2.31. The number of hydrogen-bond donors (Lipinski definition) is 4. The second-order valence-corrected chi connectivity index (χ2v) is 9.10. The molecule has 0 radical (unpaired) electrons. The third-order valence-corrected chi connectivity index (χ3v) is 6.77. The summed E-state index contributed by atoms with van der Waals surface area (Å²) in [5, 5.41) is 15.2. The van der Waals surface area contributed by atoms with Gasteiger partial charge in [-0.05, 0) is 49.7 Å². The molecule has 1 aromatic heterocycles. The molecule has 1 aromatic carbocycles. The first kappa shape index (κ1) is 25.2. The number of carbonyl (C=O) groups excluding carboxylic acids is 2. The maximum absolute atomic E-state index is 12.6. The van der Waals surface area contributed by atoms with Crippen LogP contribution in [0.25, 0.3) is 10.9 Å². The zero-order chi connectivity index (χ0) is 24.8. The van der Waals surface area contributed by atoms with Gasteiger partial charge in [-0.1, -0.05) is 32.4 Å². The summed E-state index contributed by atoms with van der Waals surface area (Å²) in [5.74, 6) is -1.92. The predicted octanol–water partition coefficient (Wildman–Crippen LogP) is 1.23. The Labute approximate surface area is 196 Å². The van der Waals surface area contributed by atoms with E-state index in [-0.39, 0.29) is 30.2 Å². The van der Waals surface area contributed by atoms with E-state index in [9.17, 15) is 29.1 Å². The molecule has 34 heavy (non-hydrogen) atoms. The normalized spacial score (nSPS) is 19.8. The second kappa shape index (κ2) is 11.1. The van der Waals surface area contributed by atoms with Crippen LogP contribution in [0.3, 0.4) is 0 Å². The van der Waals surface area contributed by atoms with Crippen molar-refractivity contribution in [3.05, 3.63) is 45.1 Å². The van der Waals surface area contributed by atoms with Gasteiger partial charge in [-0.25, -0.2) is 9.59 Å². The molecule has 4 N–H and O–H groups in total. The zero-order valence-electron chi connectivity index (χ0n) is 19.5. The molecular weight excluding hydrogens is 440 g/mol. The number of carboxylic acid groups (broad SMARTS) is 1. The van der Waals surface area contributed by atoms with Crippen molar-refractivity contribution in [2.75, 3.05) is 6.54 Å². The highest BCUT2D eigenvalue weighted by atomic mass is 16.4. The van der Waals surface area contributed by atoms with Crippen molar-refractivity contribution in [2.45, 2.75) is 58.5 Å². The van der Waals surface area contributed by atoms with Gasteiger partial charge in [0, 0.05) is 12.5 Å². The zero-order valence-corrected chi connectivity index (χ0v) is 19.5. The standard InChI is InChI=1S/C24H32N4O6/c1-3-14(2)20(23(32)33)27-21(30)16-10-8-15(9-11-16)12-25-19(29)13-28-22(31)17-6-4-5-7-18(17)26-24(28)34/h4-7,14-16,20H,3,8-13H2,1-2H3,(H,25,29)(H,26,34)(H,27,30)(H,32,33)/t14-,15?,16?,20-/m1/s1. The van der Waals surface area contributed by atoms with Crippen molar-refractivity contribution in [3.8, 4) is 0 Å². The maximum Gasteiger partial charge on any atom is 0.329 e. The average molecular weight is 473 g/mol. The first-order valence-electron chi connectivity index (χ1n) is 11.7. The predicted molar refractivity (Wildman–Crippen MR) is 126 cm³/mol. The minimum atomic E-state index is -1.02. The number of aromatic nitrogens is 2. The van der Waals surface area contributed by atoms with Crippen LogP contribution >= 0.6 is 0 Å². The van der Waals surface area contributed by atoms with E-state index in [1.54, 1.807) is 31.2 Å². The van der Waals surface area contributed by atoms with Crippen LogP contribution in [0.4, 0.5) is 0 Å². The van der Waals surface area contributed by atoms with Gasteiger partial charge >= 0.3 is 11.7 Å². The molecule has 0 spiro atoms. The van der Waals surface area contributed by atoms with E-state index in [1.807, 2.05) is 6.92 Å². The van der Waals surface area contributed by atoms with E-state index in [2.05, 4.69) is 15.6 Å². The molecule has 0 unspecified atom stereocenters. The lowest BCUT2D eigenvalue weighted by molar-refractivity contribution is -0.144. The number of hydrogen-bond acceptors (Lipinski definition) is 5. The number of amides is 2. The Morgan fingerprint density at radius 1 is 1.15 bits per heavy atom. The van der Waals surface area contributed by atoms with Gasteiger partial charge in [-0.3, -0.25) is 19.0 Å². The van der Waals surface area contributed by atoms with E-state index < -0.39 is 29.2 Å². The molecule has 2 atom stereocenters. The second-order valence-electron chi connectivity index (χ2n) is 9.10. The molecule has 2 amide bonds. The van der Waals surface area contributed by atoms with Gasteiger partial charge < -0.3 is 20.7 Å². The number of nitrogens with one attached hydrogen (secondary N) is 3. The number of nitrogens with zero attached hydrogens (tertiary/aromatic N) is 1. The van der Waals surface area contributed by atoms with E-state index in [1.165, 1.54) is 0 Å². The van der Waals surface area contributed by atoms with Crippen molar-refractivity contribution < 1.29 is 19.5 Å². The summed E-state index contributed by atoms with van der Waals surface area (Å²) in [6.45, 7) is 3.71. The quantitative estimate of drug-likeness (QED) is 0.431. The number of aromatic amines is 1. The Bertz CT molecular complexity index is 1160. The van der Waals surface area contributed by atoms with Crippen LogP contribution in [0.5, 0.6) is 0 Å². The Hall–Kier alpha value is -3.43. The summed E-state index contributed by atoms with van der Waals surface area (Å²) in [4.78, 5) is 63.8. The molecule has 10 nitrogen and oxygen atoms in total. The van der Waals surface area contributed by atoms with Crippen molar-refractivity contribution in [2.24, 2.45) is 17.8 Å². The Morgan fingerprint density at radius 3 is 2.47 bits per heavy atom. The molecule has 10 heteroatoms. The number of fused-ring (bicyclic) bond motifs is 1. The first-order chi connectivity index (χ1) is 16.2. The highest BCUT2D eigenvalue weighted by Crippen LogP contribution is 2.29. The molecule has 1 fully saturated rings. The number of H-pyrrole nitrogens is 1. The number of benzene rings is 1. The van der Waals surface area contributed by atoms with Gasteiger partial charge in [-0.15, -0.1) is 0 Å². The Kier molecular flexibility index (Phi) is 8.25. The number of para-hydroxylation sites is 1. The fourth-order valence-electron chi connectivity index (χ4n) is 4.38. The Morgan fingerprint density at radius 2 is 1.82 bits per heavy atom. The molecule has 184 valence electrons. The summed E-state index contributed by atoms with van der Waals surface area (Å²) in [6.07, 6.45) is 3.32. The molecule has 0 saturated heterocycles. The molecule has 1 aliphatic rings. The van der Waals surface area contributed by atoms with Gasteiger partial charge in [0.2, 0.25) is 11.8 Å². The average Bonchev–Trinajstić information content (AvgIpc) is 2.83. The van der Waals surface area contributed by atoms with Gasteiger partial charge in [0.25, 0.3) is 5.56 Å². The molecule has 0 aliphatic heterocycles. The lowest BCUT2D eigenvalue weighted by Gasteiger charge is -2.29. The third kappa shape index (κ3) is 5.92. The van der Waals surface area contributed by atoms with E-state index in [4.69, 9.17) is 0 Å². The minimum absolute atomic E-state index is 0.157. The summed E-state index contributed by atoms with van der Waals surface area (Å²) in [7, 11) is 0. The van der Waals surface area contributed by atoms with Gasteiger partial charge in [0.1, 0.15) is 12.6 Å². The van der Waals surface area contributed by atoms with Crippen molar-refractivity contribution in [3.63, 3.8) is 0 Å². The smallest absolute Gasteiger partial charge is 0.329 e. The van der Waals surface area contributed by atoms with Gasteiger partial charge in [0.05, 0.1) is 10.9 Å². The van der Waals surface area contributed by atoms with Crippen LogP contribution in [0.1, 0.15) is 46.0 Å². The van der Waals surface area contributed by atoms with Crippen LogP contribution in [-0.2, 0) is 20.9 Å². The molecule has 3 rings (SSSR count). The summed E-state index contributed by atoms with van der Waals surface area (Å²) in [6, 6.07) is 5.73. The Balaban J connectivity index is 1.49. The van der Waals surface area contributed by atoms with Crippen LogP contribution in [0.15, 0.2) is 33.9 Å². The number of carboxylic acids is 1. The highest BCUT2D eigenvalue weighted by molar-refractivity contribution is 5.85. The third-order valence-electron chi connectivity index (χ3n) is 6.77. The van der Waals surface area contributed by atoms with Crippen LogP contribution < -0.4 is 21.9 Å². The molecule has 2 aromatic rings. The van der Waals surface area contributed by atoms with Crippen molar-refractivity contribution in [1.82, 2.24) is 20.2 Å². The van der Waals surface area contributed by atoms with Crippen LogP contribution in [-0.4, -0.2) is 45.0 Å². The lowest BCUT2D eigenvalue weighted by Crippen LogP contribution is -2.48. The van der Waals surface area contributed by atoms with E-state index in [0.717, 1.165) is 17.4 Å². The fourth-order valence-corrected chi connectivity index (χ4v) is 4.38. The fraction of sp³-hybridized carbons (Fsp3) is 0.542. The number of aliphatic carboxylic acids is 1. The number of rotatable bonds is 9. The maximum atomic E-state index is 12.6. The largest absolute Gasteiger partial charge is 0.480 e. The number of carbonyl (C=O) groups is 3. The summed E-state index contributed by atoms with van der Waals surface area (Å²) in [5.41, 5.74) is -0.728. The van der Waals surface area contributed by atoms with Gasteiger partial charge in [0.15, 0.2) is 0 Å². The minimum Gasteiger partial charge on any atom is -0.480 e. The molecule has 0 bridgehead atoms. The SMILES string of the molecule is CC[C@@H](C)[C@@H](NC(=O)C1CCC(CNC(=O)Cn2c(=O)[nH]c3ccccc3c2=O)CC1)C(=O)O. The van der Waals surface area contributed by atoms with Crippen molar-refractivity contribution >= 4 is 28.7 Å². The van der Waals surface area contributed by atoms with Crippen molar-refractivity contribution in [1.29, 1.82) is 0 Å². The summed E-state index contributed by atoms with van der Waals surface area (Å²) >= 11 is 0. The van der Waals surface area contributed by atoms with Gasteiger partial charge in [-0.2, -0.15) is 0 Å². The monoisotopic (exact) mass is 472 g/mol. The van der Waals surface area contributed by atoms with E-state index in [0.29, 0.717) is 36.7 Å². The topological polar surface area (TPSA) is 150 Å². The van der Waals surface area contributed by atoms with Crippen LogP contribution in [0.2, 0.25) is 0 Å².